The number of aromatic nitrogens is 3. The minimum Gasteiger partial charge on any atom is -0.493 e. The summed E-state index contributed by atoms with van der Waals surface area (Å²) in [5.74, 6) is -0.186. The molecule has 122 valence electrons. The second-order valence-corrected chi connectivity index (χ2v) is 5.07. The van der Waals surface area contributed by atoms with E-state index in [2.05, 4.69) is 15.3 Å². The van der Waals surface area contributed by atoms with Gasteiger partial charge in [-0.05, 0) is 12.1 Å². The summed E-state index contributed by atoms with van der Waals surface area (Å²) in [6.07, 6.45) is 3.23. The van der Waals surface area contributed by atoms with E-state index in [9.17, 15) is 14.7 Å². The lowest BCUT2D eigenvalue weighted by Crippen LogP contribution is -2.37. The number of hydrogen-bond acceptors (Lipinski definition) is 5. The number of nitrogens with one attached hydrogen (secondary N) is 1. The van der Waals surface area contributed by atoms with Crippen LogP contribution in [0.15, 0.2) is 39.1 Å². The maximum atomic E-state index is 12.2. The van der Waals surface area contributed by atoms with Crippen molar-refractivity contribution in [3.8, 4) is 5.88 Å². The Kier molecular flexibility index (Phi) is 4.49. The van der Waals surface area contributed by atoms with Crippen LogP contribution in [0.25, 0.3) is 0 Å². The molecule has 0 aromatic carbocycles. The van der Waals surface area contributed by atoms with Crippen LogP contribution in [0.1, 0.15) is 0 Å². The largest absolute Gasteiger partial charge is 0.493 e. The summed E-state index contributed by atoms with van der Waals surface area (Å²) in [7, 11) is 6.14. The Morgan fingerprint density at radius 1 is 1.30 bits per heavy atom. The highest BCUT2D eigenvalue weighted by atomic mass is 16.3. The second-order valence-electron chi connectivity index (χ2n) is 5.07. The quantitative estimate of drug-likeness (QED) is 0.589. The van der Waals surface area contributed by atoms with Crippen molar-refractivity contribution in [2.24, 2.45) is 19.1 Å². The van der Waals surface area contributed by atoms with Crippen molar-refractivity contribution in [1.29, 1.82) is 0 Å². The van der Waals surface area contributed by atoms with Gasteiger partial charge in [-0.3, -0.25) is 18.9 Å². The second kappa shape index (κ2) is 6.34. The molecule has 9 heteroatoms. The van der Waals surface area contributed by atoms with E-state index in [1.165, 1.54) is 14.1 Å². The van der Waals surface area contributed by atoms with Crippen LogP contribution in [-0.2, 0) is 14.1 Å². The van der Waals surface area contributed by atoms with Gasteiger partial charge in [-0.25, -0.2) is 9.79 Å². The molecule has 0 fully saturated rings. The Morgan fingerprint density at radius 2 is 2.00 bits per heavy atom. The fourth-order valence-electron chi connectivity index (χ4n) is 1.83. The van der Waals surface area contributed by atoms with Gasteiger partial charge >= 0.3 is 5.69 Å². The van der Waals surface area contributed by atoms with E-state index in [1.54, 1.807) is 43.5 Å². The molecule has 2 aromatic heterocycles. The number of nitrogens with zero attached hydrogens (tertiary/aromatic N) is 5. The van der Waals surface area contributed by atoms with Gasteiger partial charge in [0.05, 0.1) is 11.9 Å². The molecular formula is C14H18N6O3. The SMILES string of the molecule is CN(C)C(=Nc1c(O)n(C)c(=O)n(C)c1=O)Nc1cccnc1. The number of hydrogen-bond donors (Lipinski definition) is 2. The van der Waals surface area contributed by atoms with Crippen molar-refractivity contribution in [2.75, 3.05) is 19.4 Å². The molecule has 0 radical (unpaired) electrons. The smallest absolute Gasteiger partial charge is 0.333 e. The van der Waals surface area contributed by atoms with Crippen molar-refractivity contribution in [3.05, 3.63) is 45.4 Å². The van der Waals surface area contributed by atoms with Crippen LogP contribution >= 0.6 is 0 Å². The fourth-order valence-corrected chi connectivity index (χ4v) is 1.83. The molecule has 2 heterocycles. The Hall–Kier alpha value is -3.10. The molecule has 0 saturated heterocycles. The van der Waals surface area contributed by atoms with Gasteiger partial charge in [0, 0.05) is 34.4 Å². The molecule has 23 heavy (non-hydrogen) atoms. The first-order valence-electron chi connectivity index (χ1n) is 6.75. The van der Waals surface area contributed by atoms with Gasteiger partial charge in [-0.2, -0.15) is 0 Å². The van der Waals surface area contributed by atoms with Crippen LogP contribution in [0.4, 0.5) is 11.4 Å². The molecule has 0 unspecified atom stereocenters. The normalized spacial score (nSPS) is 11.4. The molecule has 9 nitrogen and oxygen atoms in total. The van der Waals surface area contributed by atoms with Crippen LogP contribution in [0, 0.1) is 0 Å². The third-order valence-electron chi connectivity index (χ3n) is 3.17. The molecule has 0 saturated carbocycles. The summed E-state index contributed by atoms with van der Waals surface area (Å²) in [5, 5.41) is 13.1. The number of anilines is 1. The minimum atomic E-state index is -0.682. The molecule has 0 atom stereocenters. The lowest BCUT2D eigenvalue weighted by atomic mass is 10.4. The average molecular weight is 318 g/mol. The van der Waals surface area contributed by atoms with Gasteiger partial charge in [0.15, 0.2) is 5.69 Å². The van der Waals surface area contributed by atoms with Gasteiger partial charge < -0.3 is 15.3 Å². The Bertz CT molecular complexity index is 851. The van der Waals surface area contributed by atoms with Crippen LogP contribution in [-0.4, -0.2) is 44.2 Å². The van der Waals surface area contributed by atoms with Gasteiger partial charge in [0.1, 0.15) is 0 Å². The lowest BCUT2D eigenvalue weighted by molar-refractivity contribution is 0.414. The van der Waals surface area contributed by atoms with E-state index in [-0.39, 0.29) is 5.69 Å². The lowest BCUT2D eigenvalue weighted by Gasteiger charge is -2.17. The average Bonchev–Trinajstić information content (AvgIpc) is 2.54. The first-order chi connectivity index (χ1) is 10.8. The summed E-state index contributed by atoms with van der Waals surface area (Å²) in [6.45, 7) is 0. The highest BCUT2D eigenvalue weighted by Crippen LogP contribution is 2.19. The van der Waals surface area contributed by atoms with Crippen LogP contribution < -0.4 is 16.6 Å². The van der Waals surface area contributed by atoms with E-state index in [4.69, 9.17) is 0 Å². The molecule has 2 rings (SSSR count). The number of guanidine groups is 1. The Morgan fingerprint density at radius 3 is 2.57 bits per heavy atom. The number of aliphatic imine (C=N–C) groups is 1. The highest BCUT2D eigenvalue weighted by Gasteiger charge is 2.16. The van der Waals surface area contributed by atoms with Gasteiger partial charge in [-0.1, -0.05) is 0 Å². The Balaban J connectivity index is 2.57. The number of aromatic hydroxyl groups is 1. The summed E-state index contributed by atoms with van der Waals surface area (Å²) < 4.78 is 1.84. The van der Waals surface area contributed by atoms with Gasteiger partial charge in [0.2, 0.25) is 11.8 Å². The van der Waals surface area contributed by atoms with Crippen molar-refractivity contribution in [1.82, 2.24) is 19.0 Å². The molecule has 0 aliphatic rings. The van der Waals surface area contributed by atoms with Crippen LogP contribution in [0.2, 0.25) is 0 Å². The topological polar surface area (TPSA) is 105 Å². The number of pyridine rings is 1. The molecule has 2 aromatic rings. The van der Waals surface area contributed by atoms with Crippen LogP contribution in [0.3, 0.4) is 0 Å². The van der Waals surface area contributed by atoms with Crippen molar-refractivity contribution in [3.63, 3.8) is 0 Å². The predicted octanol–water partition coefficient (Wildman–Crippen LogP) is -0.154. The van der Waals surface area contributed by atoms with Crippen molar-refractivity contribution >= 4 is 17.3 Å². The monoisotopic (exact) mass is 318 g/mol. The van der Waals surface area contributed by atoms with E-state index in [0.717, 1.165) is 9.13 Å². The Labute approximate surface area is 132 Å². The first kappa shape index (κ1) is 16.3. The zero-order chi connectivity index (χ0) is 17.1. The van der Waals surface area contributed by atoms with E-state index >= 15 is 0 Å². The standard InChI is InChI=1S/C14H18N6O3/c1-18(2)13(16-9-6-5-7-15-8-9)17-10-11(21)19(3)14(23)20(4)12(10)22/h5-8,21H,1-4H3,(H,16,17). The third-order valence-corrected chi connectivity index (χ3v) is 3.17. The van der Waals surface area contributed by atoms with Gasteiger partial charge in [0.25, 0.3) is 5.56 Å². The first-order valence-corrected chi connectivity index (χ1v) is 6.75. The fraction of sp³-hybridized carbons (Fsp3) is 0.286. The predicted molar refractivity (Wildman–Crippen MR) is 87.2 cm³/mol. The zero-order valence-corrected chi connectivity index (χ0v) is 13.3. The molecule has 0 spiro atoms. The summed E-state index contributed by atoms with van der Waals surface area (Å²) in [4.78, 5) is 33.7. The molecular weight excluding hydrogens is 300 g/mol. The number of rotatable bonds is 2. The van der Waals surface area contributed by atoms with Crippen molar-refractivity contribution < 1.29 is 5.11 Å². The van der Waals surface area contributed by atoms with E-state index in [1.807, 2.05) is 0 Å². The molecule has 2 N–H and O–H groups in total. The molecule has 0 amide bonds. The molecule has 0 aliphatic heterocycles. The maximum absolute atomic E-state index is 12.2. The highest BCUT2D eigenvalue weighted by molar-refractivity contribution is 5.95. The third kappa shape index (κ3) is 3.23. The zero-order valence-electron chi connectivity index (χ0n) is 13.3. The maximum Gasteiger partial charge on any atom is 0.333 e. The molecule has 0 aliphatic carbocycles. The van der Waals surface area contributed by atoms with E-state index in [0.29, 0.717) is 11.6 Å². The van der Waals surface area contributed by atoms with Gasteiger partial charge in [-0.15, -0.1) is 0 Å². The van der Waals surface area contributed by atoms with E-state index < -0.39 is 17.1 Å². The van der Waals surface area contributed by atoms with Crippen molar-refractivity contribution in [2.45, 2.75) is 0 Å². The summed E-state index contributed by atoms with van der Waals surface area (Å²) >= 11 is 0. The summed E-state index contributed by atoms with van der Waals surface area (Å²) in [6, 6.07) is 3.53. The minimum absolute atomic E-state index is 0.227. The van der Waals surface area contributed by atoms with Crippen LogP contribution in [0.5, 0.6) is 5.88 Å². The molecule has 0 bridgehead atoms. The summed E-state index contributed by atoms with van der Waals surface area (Å²) in [5.41, 5.74) is -0.869.